The number of carbonyl (C=O) groups is 2. The van der Waals surface area contributed by atoms with Crippen LogP contribution in [0.4, 0.5) is 0 Å². The number of aromatic nitrogens is 2. The molecular weight excluding hydrogens is 310 g/mol. The highest BCUT2D eigenvalue weighted by atomic mass is 16.5. The van der Waals surface area contributed by atoms with Crippen LogP contribution in [0.3, 0.4) is 0 Å². The van der Waals surface area contributed by atoms with E-state index in [-0.39, 0.29) is 18.5 Å². The van der Waals surface area contributed by atoms with Gasteiger partial charge in [-0.25, -0.2) is 0 Å². The lowest BCUT2D eigenvalue weighted by Gasteiger charge is -2.24. The molecule has 7 heteroatoms. The van der Waals surface area contributed by atoms with Crippen molar-refractivity contribution in [1.82, 2.24) is 14.7 Å². The van der Waals surface area contributed by atoms with Crippen molar-refractivity contribution in [3.8, 4) is 5.75 Å². The molecule has 1 aromatic heterocycles. The fraction of sp³-hybridized carbons (Fsp3) is 0.353. The first kappa shape index (κ1) is 17.5. The van der Waals surface area contributed by atoms with Crippen LogP contribution in [0.1, 0.15) is 29.8 Å². The van der Waals surface area contributed by atoms with E-state index < -0.39 is 5.97 Å². The van der Waals surface area contributed by atoms with E-state index in [1.165, 1.54) is 11.1 Å². The summed E-state index contributed by atoms with van der Waals surface area (Å²) in [5.41, 5.74) is 1.39. The van der Waals surface area contributed by atoms with Crippen molar-refractivity contribution in [2.24, 2.45) is 0 Å². The predicted octanol–water partition coefficient (Wildman–Crippen LogP) is 1.88. The van der Waals surface area contributed by atoms with Crippen LogP contribution >= 0.6 is 0 Å². The van der Waals surface area contributed by atoms with Gasteiger partial charge in [0, 0.05) is 12.2 Å². The number of nitrogens with zero attached hydrogens (tertiary/aromatic N) is 3. The second kappa shape index (κ2) is 7.63. The SMILES string of the molecule is COc1ccc(Cn2cc(C(=O)N(CC(=O)O)C(C)C)cn2)cc1. The van der Waals surface area contributed by atoms with Gasteiger partial charge in [0.1, 0.15) is 12.3 Å². The summed E-state index contributed by atoms with van der Waals surface area (Å²) in [5, 5.41) is 13.1. The average molecular weight is 331 g/mol. The van der Waals surface area contributed by atoms with Gasteiger partial charge in [-0.05, 0) is 31.5 Å². The van der Waals surface area contributed by atoms with Gasteiger partial charge in [0.25, 0.3) is 5.91 Å². The van der Waals surface area contributed by atoms with Gasteiger partial charge in [0.2, 0.25) is 0 Å². The number of carbonyl (C=O) groups excluding carboxylic acids is 1. The third-order valence-corrected chi connectivity index (χ3v) is 3.57. The first-order chi connectivity index (χ1) is 11.4. The maximum Gasteiger partial charge on any atom is 0.323 e. The minimum absolute atomic E-state index is 0.210. The average Bonchev–Trinajstić information content (AvgIpc) is 3.01. The molecule has 1 amide bonds. The summed E-state index contributed by atoms with van der Waals surface area (Å²) in [6.45, 7) is 3.74. The van der Waals surface area contributed by atoms with Gasteiger partial charge in [0.15, 0.2) is 0 Å². The largest absolute Gasteiger partial charge is 0.497 e. The van der Waals surface area contributed by atoms with Crippen molar-refractivity contribution in [3.05, 3.63) is 47.8 Å². The molecule has 0 aliphatic carbocycles. The van der Waals surface area contributed by atoms with Crippen LogP contribution in [0.15, 0.2) is 36.7 Å². The molecule has 0 saturated heterocycles. The summed E-state index contributed by atoms with van der Waals surface area (Å²) >= 11 is 0. The van der Waals surface area contributed by atoms with Gasteiger partial charge in [-0.15, -0.1) is 0 Å². The third-order valence-electron chi connectivity index (χ3n) is 3.57. The number of ether oxygens (including phenoxy) is 1. The minimum atomic E-state index is -1.04. The zero-order valence-electron chi connectivity index (χ0n) is 14.0. The Morgan fingerprint density at radius 1 is 1.29 bits per heavy atom. The normalized spacial score (nSPS) is 10.7. The zero-order chi connectivity index (χ0) is 17.7. The van der Waals surface area contributed by atoms with E-state index in [4.69, 9.17) is 9.84 Å². The zero-order valence-corrected chi connectivity index (χ0v) is 14.0. The topological polar surface area (TPSA) is 84.7 Å². The number of carboxylic acid groups (broad SMARTS) is 1. The number of hydrogen-bond donors (Lipinski definition) is 1. The van der Waals surface area contributed by atoms with Crippen LogP contribution in [-0.4, -0.2) is 51.4 Å². The molecule has 0 aliphatic heterocycles. The Bertz CT molecular complexity index is 707. The van der Waals surface area contributed by atoms with Crippen molar-refractivity contribution in [1.29, 1.82) is 0 Å². The van der Waals surface area contributed by atoms with Crippen molar-refractivity contribution in [2.45, 2.75) is 26.4 Å². The van der Waals surface area contributed by atoms with Gasteiger partial charge in [-0.2, -0.15) is 5.10 Å². The highest BCUT2D eigenvalue weighted by Gasteiger charge is 2.22. The lowest BCUT2D eigenvalue weighted by molar-refractivity contribution is -0.138. The third kappa shape index (κ3) is 4.34. The highest BCUT2D eigenvalue weighted by Crippen LogP contribution is 2.13. The molecular formula is C17H21N3O4. The van der Waals surface area contributed by atoms with Crippen LogP contribution < -0.4 is 4.74 Å². The van der Waals surface area contributed by atoms with E-state index in [2.05, 4.69) is 5.10 Å². The van der Waals surface area contributed by atoms with Crippen LogP contribution in [0.2, 0.25) is 0 Å². The van der Waals surface area contributed by atoms with Gasteiger partial charge in [-0.3, -0.25) is 14.3 Å². The predicted molar refractivity (Wildman–Crippen MR) is 88.1 cm³/mol. The minimum Gasteiger partial charge on any atom is -0.497 e. The first-order valence-electron chi connectivity index (χ1n) is 7.59. The van der Waals surface area contributed by atoms with Crippen molar-refractivity contribution in [2.75, 3.05) is 13.7 Å². The molecule has 0 saturated carbocycles. The van der Waals surface area contributed by atoms with E-state index in [9.17, 15) is 9.59 Å². The summed E-state index contributed by atoms with van der Waals surface area (Å²) < 4.78 is 6.76. The number of carboxylic acids is 1. The molecule has 0 fully saturated rings. The van der Waals surface area contributed by atoms with Crippen molar-refractivity contribution >= 4 is 11.9 Å². The van der Waals surface area contributed by atoms with Crippen LogP contribution in [0.5, 0.6) is 5.75 Å². The molecule has 0 bridgehead atoms. The lowest BCUT2D eigenvalue weighted by Crippen LogP contribution is -2.40. The second-order valence-corrected chi connectivity index (χ2v) is 5.70. The number of methoxy groups -OCH3 is 1. The Labute approximate surface area is 140 Å². The molecule has 1 N–H and O–H groups in total. The molecule has 2 aromatic rings. The molecule has 0 spiro atoms. The van der Waals surface area contributed by atoms with Crippen LogP contribution in [0, 0.1) is 0 Å². The standard InChI is InChI=1S/C17H21N3O4/c1-12(2)20(11-16(21)22)17(23)14-8-18-19(10-14)9-13-4-6-15(24-3)7-5-13/h4-8,10,12H,9,11H2,1-3H3,(H,21,22). The summed E-state index contributed by atoms with van der Waals surface area (Å²) in [5.74, 6) is -0.604. The van der Waals surface area contributed by atoms with Crippen LogP contribution in [0.25, 0.3) is 0 Å². The Kier molecular flexibility index (Phi) is 5.57. The molecule has 1 aromatic carbocycles. The number of aliphatic carboxylic acids is 1. The number of amides is 1. The van der Waals surface area contributed by atoms with Gasteiger partial charge in [-0.1, -0.05) is 12.1 Å². The first-order valence-corrected chi connectivity index (χ1v) is 7.59. The van der Waals surface area contributed by atoms with E-state index >= 15 is 0 Å². The molecule has 24 heavy (non-hydrogen) atoms. The summed E-state index contributed by atoms with van der Waals surface area (Å²) in [7, 11) is 1.61. The van der Waals surface area contributed by atoms with Gasteiger partial charge >= 0.3 is 5.97 Å². The molecule has 128 valence electrons. The highest BCUT2D eigenvalue weighted by molar-refractivity contribution is 5.95. The fourth-order valence-electron chi connectivity index (χ4n) is 2.28. The van der Waals surface area contributed by atoms with E-state index in [1.807, 2.05) is 24.3 Å². The molecule has 2 rings (SSSR count). The van der Waals surface area contributed by atoms with Crippen molar-refractivity contribution in [3.63, 3.8) is 0 Å². The molecule has 0 unspecified atom stereocenters. The molecule has 0 aliphatic rings. The fourth-order valence-corrected chi connectivity index (χ4v) is 2.28. The summed E-state index contributed by atoms with van der Waals surface area (Å²) in [4.78, 5) is 24.7. The maximum absolute atomic E-state index is 12.5. The molecule has 0 atom stereocenters. The molecule has 1 heterocycles. The van der Waals surface area contributed by atoms with E-state index in [0.29, 0.717) is 12.1 Å². The maximum atomic E-state index is 12.5. The summed E-state index contributed by atoms with van der Waals surface area (Å²) in [6.07, 6.45) is 3.09. The molecule has 0 radical (unpaired) electrons. The Morgan fingerprint density at radius 2 is 1.96 bits per heavy atom. The number of hydrogen-bond acceptors (Lipinski definition) is 4. The smallest absolute Gasteiger partial charge is 0.323 e. The van der Waals surface area contributed by atoms with E-state index in [0.717, 1.165) is 11.3 Å². The quantitative estimate of drug-likeness (QED) is 0.837. The number of benzene rings is 1. The second-order valence-electron chi connectivity index (χ2n) is 5.70. The van der Waals surface area contributed by atoms with Gasteiger partial charge < -0.3 is 14.7 Å². The Morgan fingerprint density at radius 3 is 2.50 bits per heavy atom. The Hall–Kier alpha value is -2.83. The summed E-state index contributed by atoms with van der Waals surface area (Å²) in [6, 6.07) is 7.36. The van der Waals surface area contributed by atoms with Gasteiger partial charge in [0.05, 0.1) is 25.4 Å². The number of rotatable bonds is 7. The molecule has 7 nitrogen and oxygen atoms in total. The van der Waals surface area contributed by atoms with E-state index in [1.54, 1.807) is 31.8 Å². The lowest BCUT2D eigenvalue weighted by atomic mass is 10.2. The van der Waals surface area contributed by atoms with Crippen molar-refractivity contribution < 1.29 is 19.4 Å². The van der Waals surface area contributed by atoms with Crippen LogP contribution in [-0.2, 0) is 11.3 Å². The monoisotopic (exact) mass is 331 g/mol. The Balaban J connectivity index is 2.10.